The van der Waals surface area contributed by atoms with Crippen LogP contribution >= 0.6 is 11.8 Å². The van der Waals surface area contributed by atoms with Crippen molar-refractivity contribution in [3.8, 4) is 11.4 Å². The summed E-state index contributed by atoms with van der Waals surface area (Å²) in [5, 5.41) is 1.30. The number of rotatable bonds is 7. The summed E-state index contributed by atoms with van der Waals surface area (Å²) in [4.78, 5) is 50.1. The third-order valence-electron chi connectivity index (χ3n) is 5.67. The Bertz CT molecular complexity index is 1750. The number of fused-ring (bicyclic) bond motifs is 2. The molecule has 3 aromatic carbocycles. The molecule has 0 aliphatic heterocycles. The lowest BCUT2D eigenvalue weighted by atomic mass is 10.1. The predicted octanol–water partition coefficient (Wildman–Crippen LogP) is 4.10. The molecule has 0 bridgehead atoms. The molecule has 0 radical (unpaired) electrons. The number of methoxy groups -OCH3 is 1. The van der Waals surface area contributed by atoms with E-state index in [0.717, 1.165) is 0 Å². The average Bonchev–Trinajstić information content (AvgIpc) is 2.92. The Morgan fingerprint density at radius 2 is 1.76 bits per heavy atom. The molecule has 0 fully saturated rings. The van der Waals surface area contributed by atoms with Crippen LogP contribution in [0.4, 0.5) is 0 Å². The topological polar surface area (TPSA) is 116 Å². The van der Waals surface area contributed by atoms with E-state index in [2.05, 4.69) is 9.97 Å². The minimum Gasteiger partial charge on any atom is -0.494 e. The van der Waals surface area contributed by atoms with Gasteiger partial charge in [0, 0.05) is 0 Å². The first-order chi connectivity index (χ1) is 18.0. The third-order valence-corrected chi connectivity index (χ3v) is 6.62. The van der Waals surface area contributed by atoms with Gasteiger partial charge in [-0.05, 0) is 61.5 Å². The molecule has 0 saturated carbocycles. The molecule has 10 heteroatoms. The highest BCUT2D eigenvalue weighted by molar-refractivity contribution is 7.98. The van der Waals surface area contributed by atoms with E-state index in [1.54, 1.807) is 48.5 Å². The molecule has 37 heavy (non-hydrogen) atoms. The summed E-state index contributed by atoms with van der Waals surface area (Å²) in [7, 11) is 1.29. The van der Waals surface area contributed by atoms with Gasteiger partial charge in [-0.3, -0.25) is 14.2 Å². The second-order valence-electron chi connectivity index (χ2n) is 8.00. The molecule has 5 rings (SSSR count). The fourth-order valence-electron chi connectivity index (χ4n) is 3.93. The molecule has 0 saturated heterocycles. The summed E-state index contributed by atoms with van der Waals surface area (Å²) in [5.41, 5.74) is 1.34. The van der Waals surface area contributed by atoms with Crippen molar-refractivity contribution in [2.75, 3.05) is 13.7 Å². The minimum absolute atomic E-state index is 0.208. The SMILES string of the molecule is CCOc1ccc(-n2c(SCc3nc4cc(C(=O)OC)ccc4c(=O)[nH]3)nc3ccccc3c2=O)cc1. The standard InChI is InChI=1S/C27H22N4O5S/c1-3-36-18-11-9-17(10-12-18)31-25(33)20-6-4-5-7-21(20)29-27(31)37-15-23-28-22-14-16(26(34)35-2)8-13-19(22)24(32)30-23/h4-14H,3,15H2,1-2H3,(H,28,30,32). The Balaban J connectivity index is 1.55. The van der Waals surface area contributed by atoms with Crippen molar-refractivity contribution in [1.29, 1.82) is 0 Å². The van der Waals surface area contributed by atoms with Crippen LogP contribution in [0.15, 0.2) is 81.5 Å². The molecular formula is C27H22N4O5S. The molecule has 0 aliphatic carbocycles. The van der Waals surface area contributed by atoms with Gasteiger partial charge in [0.2, 0.25) is 0 Å². The van der Waals surface area contributed by atoms with Crippen molar-refractivity contribution in [3.05, 3.63) is 98.8 Å². The summed E-state index contributed by atoms with van der Waals surface area (Å²) in [6, 6.07) is 18.9. The van der Waals surface area contributed by atoms with E-state index >= 15 is 0 Å². The first-order valence-corrected chi connectivity index (χ1v) is 12.5. The number of H-pyrrole nitrogens is 1. The second kappa shape index (κ2) is 10.3. The fraction of sp³-hybridized carbons (Fsp3) is 0.148. The number of thioether (sulfide) groups is 1. The molecule has 186 valence electrons. The van der Waals surface area contributed by atoms with E-state index in [4.69, 9.17) is 14.5 Å². The van der Waals surface area contributed by atoms with Gasteiger partial charge >= 0.3 is 5.97 Å². The van der Waals surface area contributed by atoms with Gasteiger partial charge in [0.05, 0.1) is 52.5 Å². The van der Waals surface area contributed by atoms with Gasteiger partial charge in [0.25, 0.3) is 11.1 Å². The Labute approximate surface area is 215 Å². The maximum Gasteiger partial charge on any atom is 0.337 e. The van der Waals surface area contributed by atoms with E-state index in [1.807, 2.05) is 13.0 Å². The van der Waals surface area contributed by atoms with Crippen molar-refractivity contribution in [1.82, 2.24) is 19.5 Å². The van der Waals surface area contributed by atoms with E-state index in [1.165, 1.54) is 35.6 Å². The summed E-state index contributed by atoms with van der Waals surface area (Å²) in [6.45, 7) is 2.44. The maximum atomic E-state index is 13.5. The second-order valence-corrected chi connectivity index (χ2v) is 8.95. The first-order valence-electron chi connectivity index (χ1n) is 11.5. The zero-order valence-corrected chi connectivity index (χ0v) is 20.9. The quantitative estimate of drug-likeness (QED) is 0.196. The van der Waals surface area contributed by atoms with E-state index in [0.29, 0.717) is 56.4 Å². The number of aromatic nitrogens is 4. The number of aromatic amines is 1. The first kappa shape index (κ1) is 24.3. The monoisotopic (exact) mass is 514 g/mol. The van der Waals surface area contributed by atoms with Crippen LogP contribution in [0.25, 0.3) is 27.5 Å². The van der Waals surface area contributed by atoms with Crippen LogP contribution in [0.2, 0.25) is 0 Å². The van der Waals surface area contributed by atoms with Crippen molar-refractivity contribution < 1.29 is 14.3 Å². The van der Waals surface area contributed by atoms with Gasteiger partial charge < -0.3 is 14.5 Å². The summed E-state index contributed by atoms with van der Waals surface area (Å²) < 4.78 is 11.8. The van der Waals surface area contributed by atoms with E-state index < -0.39 is 5.97 Å². The number of esters is 1. The number of carbonyl (C=O) groups excluding carboxylic acids is 1. The Morgan fingerprint density at radius 1 is 0.973 bits per heavy atom. The largest absolute Gasteiger partial charge is 0.494 e. The number of benzene rings is 3. The molecular weight excluding hydrogens is 492 g/mol. The fourth-order valence-corrected chi connectivity index (χ4v) is 4.81. The molecule has 0 aliphatic rings. The number of carbonyl (C=O) groups is 1. The van der Waals surface area contributed by atoms with Crippen molar-refractivity contribution >= 4 is 39.5 Å². The highest BCUT2D eigenvalue weighted by atomic mass is 32.2. The molecule has 0 atom stereocenters. The lowest BCUT2D eigenvalue weighted by Gasteiger charge is -2.14. The highest BCUT2D eigenvalue weighted by Crippen LogP contribution is 2.25. The lowest BCUT2D eigenvalue weighted by Crippen LogP contribution is -2.22. The van der Waals surface area contributed by atoms with Gasteiger partial charge in [-0.25, -0.2) is 14.8 Å². The van der Waals surface area contributed by atoms with Crippen LogP contribution in [0, 0.1) is 0 Å². The van der Waals surface area contributed by atoms with Crippen molar-refractivity contribution in [3.63, 3.8) is 0 Å². The molecule has 0 unspecified atom stereocenters. The van der Waals surface area contributed by atoms with E-state index in [9.17, 15) is 14.4 Å². The van der Waals surface area contributed by atoms with Crippen LogP contribution < -0.4 is 15.9 Å². The number of ether oxygens (including phenoxy) is 2. The van der Waals surface area contributed by atoms with Gasteiger partial charge in [-0.1, -0.05) is 23.9 Å². The van der Waals surface area contributed by atoms with Gasteiger partial charge in [0.15, 0.2) is 5.16 Å². The van der Waals surface area contributed by atoms with Crippen molar-refractivity contribution in [2.24, 2.45) is 0 Å². The van der Waals surface area contributed by atoms with Crippen LogP contribution in [0.1, 0.15) is 23.1 Å². The zero-order chi connectivity index (χ0) is 25.9. The maximum absolute atomic E-state index is 13.5. The Kier molecular flexibility index (Phi) is 6.74. The molecule has 9 nitrogen and oxygen atoms in total. The molecule has 1 N–H and O–H groups in total. The molecule has 0 amide bonds. The number of nitrogens with zero attached hydrogens (tertiary/aromatic N) is 3. The third kappa shape index (κ3) is 4.83. The Hall–Kier alpha value is -4.44. The number of para-hydroxylation sites is 1. The zero-order valence-electron chi connectivity index (χ0n) is 20.1. The molecule has 5 aromatic rings. The Morgan fingerprint density at radius 3 is 2.51 bits per heavy atom. The van der Waals surface area contributed by atoms with Gasteiger partial charge in [-0.15, -0.1) is 0 Å². The van der Waals surface area contributed by atoms with Crippen LogP contribution in [-0.4, -0.2) is 39.2 Å². The summed E-state index contributed by atoms with van der Waals surface area (Å²) in [5.74, 6) is 0.798. The van der Waals surface area contributed by atoms with E-state index in [-0.39, 0.29) is 16.9 Å². The molecule has 2 aromatic heterocycles. The van der Waals surface area contributed by atoms with Gasteiger partial charge in [0.1, 0.15) is 11.6 Å². The average molecular weight is 515 g/mol. The van der Waals surface area contributed by atoms with Crippen LogP contribution in [-0.2, 0) is 10.5 Å². The summed E-state index contributed by atoms with van der Waals surface area (Å²) >= 11 is 1.27. The van der Waals surface area contributed by atoms with Crippen LogP contribution in [0.3, 0.4) is 0 Å². The number of hydrogen-bond donors (Lipinski definition) is 1. The van der Waals surface area contributed by atoms with Crippen molar-refractivity contribution in [2.45, 2.75) is 17.8 Å². The number of nitrogens with one attached hydrogen (secondary N) is 1. The van der Waals surface area contributed by atoms with Gasteiger partial charge in [-0.2, -0.15) is 0 Å². The smallest absolute Gasteiger partial charge is 0.337 e. The predicted molar refractivity (Wildman–Crippen MR) is 142 cm³/mol. The summed E-state index contributed by atoms with van der Waals surface area (Å²) in [6.07, 6.45) is 0. The highest BCUT2D eigenvalue weighted by Gasteiger charge is 2.15. The lowest BCUT2D eigenvalue weighted by molar-refractivity contribution is 0.0601. The molecule has 2 heterocycles. The van der Waals surface area contributed by atoms with Crippen LogP contribution in [0.5, 0.6) is 5.75 Å². The normalized spacial score (nSPS) is 11.1. The number of hydrogen-bond acceptors (Lipinski definition) is 8. The minimum atomic E-state index is -0.514. The molecule has 0 spiro atoms.